The van der Waals surface area contributed by atoms with Gasteiger partial charge in [0, 0.05) is 15.5 Å². The smallest absolute Gasteiger partial charge is 0.0449 e. The standard InChI is InChI=1S/C12H16BrClN2/c1-7-4-10(7)12(16-15)5-8-2-3-9(13)6-11(8)14/h2-3,6-7,10,12,16H,4-5,15H2,1H3. The Balaban J connectivity index is 2.07. The molecule has 2 rings (SSSR count). The zero-order chi connectivity index (χ0) is 11.7. The summed E-state index contributed by atoms with van der Waals surface area (Å²) in [6, 6.07) is 6.35. The van der Waals surface area contributed by atoms with E-state index in [1.54, 1.807) is 0 Å². The number of nitrogens with two attached hydrogens (primary N) is 1. The van der Waals surface area contributed by atoms with E-state index in [9.17, 15) is 0 Å². The Morgan fingerprint density at radius 3 is 2.81 bits per heavy atom. The van der Waals surface area contributed by atoms with Crippen molar-refractivity contribution in [2.24, 2.45) is 17.7 Å². The number of hydrogen-bond acceptors (Lipinski definition) is 2. The second-order valence-electron chi connectivity index (χ2n) is 4.59. The molecule has 1 aliphatic rings. The molecule has 2 nitrogen and oxygen atoms in total. The van der Waals surface area contributed by atoms with Gasteiger partial charge in [0.15, 0.2) is 0 Å². The summed E-state index contributed by atoms with van der Waals surface area (Å²) in [6.45, 7) is 2.26. The molecule has 0 bridgehead atoms. The molecule has 0 amide bonds. The molecule has 1 aliphatic carbocycles. The van der Waals surface area contributed by atoms with Crippen LogP contribution in [0.15, 0.2) is 22.7 Å². The summed E-state index contributed by atoms with van der Waals surface area (Å²) in [7, 11) is 0. The molecule has 0 saturated heterocycles. The van der Waals surface area contributed by atoms with E-state index in [1.807, 2.05) is 12.1 Å². The molecule has 1 aromatic rings. The van der Waals surface area contributed by atoms with Gasteiger partial charge in [0.25, 0.3) is 0 Å². The maximum atomic E-state index is 6.19. The zero-order valence-corrected chi connectivity index (χ0v) is 11.6. The van der Waals surface area contributed by atoms with Crippen LogP contribution in [0, 0.1) is 11.8 Å². The Morgan fingerprint density at radius 1 is 1.62 bits per heavy atom. The fraction of sp³-hybridized carbons (Fsp3) is 0.500. The third kappa shape index (κ3) is 2.77. The summed E-state index contributed by atoms with van der Waals surface area (Å²) in [6.07, 6.45) is 2.17. The van der Waals surface area contributed by atoms with Crippen molar-refractivity contribution in [3.8, 4) is 0 Å². The summed E-state index contributed by atoms with van der Waals surface area (Å²) in [5, 5.41) is 0.808. The number of nitrogens with one attached hydrogen (secondary N) is 1. The topological polar surface area (TPSA) is 38.0 Å². The largest absolute Gasteiger partial charge is 0.271 e. The molecule has 4 heteroatoms. The van der Waals surface area contributed by atoms with Gasteiger partial charge in [-0.05, 0) is 42.4 Å². The lowest BCUT2D eigenvalue weighted by Gasteiger charge is -2.16. The van der Waals surface area contributed by atoms with Crippen LogP contribution in [0.5, 0.6) is 0 Å². The van der Waals surface area contributed by atoms with Gasteiger partial charge in [-0.2, -0.15) is 0 Å². The second-order valence-corrected chi connectivity index (χ2v) is 5.91. The van der Waals surface area contributed by atoms with Gasteiger partial charge >= 0.3 is 0 Å². The molecular weight excluding hydrogens is 288 g/mol. The van der Waals surface area contributed by atoms with Crippen molar-refractivity contribution < 1.29 is 0 Å². The Hall–Kier alpha value is -0.0900. The molecule has 3 atom stereocenters. The highest BCUT2D eigenvalue weighted by atomic mass is 79.9. The van der Waals surface area contributed by atoms with Gasteiger partial charge in [0.05, 0.1) is 0 Å². The van der Waals surface area contributed by atoms with Crippen molar-refractivity contribution in [1.82, 2.24) is 5.43 Å². The molecule has 1 saturated carbocycles. The highest BCUT2D eigenvalue weighted by molar-refractivity contribution is 9.10. The van der Waals surface area contributed by atoms with E-state index in [2.05, 4.69) is 34.3 Å². The Labute approximate surface area is 110 Å². The molecule has 0 aliphatic heterocycles. The van der Waals surface area contributed by atoms with Crippen molar-refractivity contribution in [2.75, 3.05) is 0 Å². The van der Waals surface area contributed by atoms with Crippen molar-refractivity contribution >= 4 is 27.5 Å². The van der Waals surface area contributed by atoms with Crippen LogP contribution in [0.3, 0.4) is 0 Å². The number of hydrazine groups is 1. The highest BCUT2D eigenvalue weighted by Crippen LogP contribution is 2.41. The minimum atomic E-state index is 0.341. The zero-order valence-electron chi connectivity index (χ0n) is 9.21. The molecule has 0 spiro atoms. The molecule has 1 fully saturated rings. The lowest BCUT2D eigenvalue weighted by atomic mass is 10.0. The van der Waals surface area contributed by atoms with Crippen LogP contribution in [-0.2, 0) is 6.42 Å². The van der Waals surface area contributed by atoms with Gasteiger partial charge < -0.3 is 0 Å². The first kappa shape index (κ1) is 12.4. The summed E-state index contributed by atoms with van der Waals surface area (Å²) in [4.78, 5) is 0. The van der Waals surface area contributed by atoms with E-state index in [0.29, 0.717) is 12.0 Å². The van der Waals surface area contributed by atoms with Crippen molar-refractivity contribution in [3.63, 3.8) is 0 Å². The quantitative estimate of drug-likeness (QED) is 0.662. The highest BCUT2D eigenvalue weighted by Gasteiger charge is 2.39. The van der Waals surface area contributed by atoms with Gasteiger partial charge in [-0.1, -0.05) is 40.5 Å². The maximum absolute atomic E-state index is 6.19. The first-order chi connectivity index (χ1) is 7.61. The van der Waals surface area contributed by atoms with Crippen LogP contribution >= 0.6 is 27.5 Å². The fourth-order valence-electron chi connectivity index (χ4n) is 2.17. The predicted molar refractivity (Wildman–Crippen MR) is 71.2 cm³/mol. The number of halogens is 2. The first-order valence-electron chi connectivity index (χ1n) is 5.52. The normalized spacial score (nSPS) is 25.5. The average Bonchev–Trinajstić information content (AvgIpc) is 2.94. The monoisotopic (exact) mass is 302 g/mol. The molecule has 0 aromatic heterocycles. The molecular formula is C12H16BrClN2. The van der Waals surface area contributed by atoms with Crippen molar-refractivity contribution in [1.29, 1.82) is 0 Å². The van der Waals surface area contributed by atoms with Gasteiger partial charge in [-0.25, -0.2) is 0 Å². The minimum absolute atomic E-state index is 0.341. The molecule has 3 unspecified atom stereocenters. The third-order valence-corrected chi connectivity index (χ3v) is 4.20. The van der Waals surface area contributed by atoms with Crippen LogP contribution in [0.2, 0.25) is 5.02 Å². The lowest BCUT2D eigenvalue weighted by Crippen LogP contribution is -2.39. The van der Waals surface area contributed by atoms with Crippen LogP contribution in [0.25, 0.3) is 0 Å². The summed E-state index contributed by atoms with van der Waals surface area (Å²) in [5.74, 6) is 7.09. The molecule has 0 radical (unpaired) electrons. The Morgan fingerprint density at radius 2 is 2.31 bits per heavy atom. The molecule has 16 heavy (non-hydrogen) atoms. The van der Waals surface area contributed by atoms with Gasteiger partial charge in [-0.3, -0.25) is 11.3 Å². The Bertz CT molecular complexity index is 383. The van der Waals surface area contributed by atoms with Gasteiger partial charge in [0.2, 0.25) is 0 Å². The number of benzene rings is 1. The number of rotatable bonds is 4. The number of hydrogen-bond donors (Lipinski definition) is 2. The predicted octanol–water partition coefficient (Wildman–Crippen LogP) is 3.13. The van der Waals surface area contributed by atoms with Gasteiger partial charge in [0.1, 0.15) is 0 Å². The van der Waals surface area contributed by atoms with E-state index in [1.165, 1.54) is 6.42 Å². The molecule has 88 valence electrons. The molecule has 1 aromatic carbocycles. The maximum Gasteiger partial charge on any atom is 0.0449 e. The van der Waals surface area contributed by atoms with Crippen LogP contribution in [0.1, 0.15) is 18.9 Å². The summed E-state index contributed by atoms with van der Waals surface area (Å²) >= 11 is 9.60. The average molecular weight is 304 g/mol. The third-order valence-electron chi connectivity index (χ3n) is 3.36. The van der Waals surface area contributed by atoms with E-state index in [0.717, 1.165) is 27.4 Å². The van der Waals surface area contributed by atoms with E-state index >= 15 is 0 Å². The molecule has 3 N–H and O–H groups in total. The van der Waals surface area contributed by atoms with Crippen molar-refractivity contribution in [3.05, 3.63) is 33.3 Å². The summed E-state index contributed by atoms with van der Waals surface area (Å²) in [5.41, 5.74) is 4.07. The van der Waals surface area contributed by atoms with E-state index < -0.39 is 0 Å². The van der Waals surface area contributed by atoms with Crippen LogP contribution in [0.4, 0.5) is 0 Å². The van der Waals surface area contributed by atoms with E-state index in [-0.39, 0.29) is 0 Å². The second kappa shape index (κ2) is 5.05. The van der Waals surface area contributed by atoms with Crippen molar-refractivity contribution in [2.45, 2.75) is 25.8 Å². The van der Waals surface area contributed by atoms with Crippen LogP contribution < -0.4 is 11.3 Å². The van der Waals surface area contributed by atoms with Crippen LogP contribution in [-0.4, -0.2) is 6.04 Å². The molecule has 0 heterocycles. The fourth-order valence-corrected chi connectivity index (χ4v) is 2.92. The minimum Gasteiger partial charge on any atom is -0.271 e. The lowest BCUT2D eigenvalue weighted by molar-refractivity contribution is 0.454. The Kier molecular flexibility index (Phi) is 3.90. The summed E-state index contributed by atoms with van der Waals surface area (Å²) < 4.78 is 1.01. The first-order valence-corrected chi connectivity index (χ1v) is 6.69. The van der Waals surface area contributed by atoms with Gasteiger partial charge in [-0.15, -0.1) is 0 Å². The van der Waals surface area contributed by atoms with E-state index in [4.69, 9.17) is 17.4 Å². The SMILES string of the molecule is CC1CC1C(Cc1ccc(Br)cc1Cl)NN.